The molecule has 0 spiro atoms. The summed E-state index contributed by atoms with van der Waals surface area (Å²) < 4.78 is 13.8. The molecule has 1 atom stereocenters. The highest BCUT2D eigenvalue weighted by molar-refractivity contribution is 5.76. The third kappa shape index (κ3) is 2.98. The van der Waals surface area contributed by atoms with Crippen molar-refractivity contribution in [1.29, 1.82) is 0 Å². The van der Waals surface area contributed by atoms with E-state index >= 15 is 0 Å². The van der Waals surface area contributed by atoms with Gasteiger partial charge in [0.05, 0.1) is 0 Å². The van der Waals surface area contributed by atoms with E-state index in [2.05, 4.69) is 0 Å². The number of nitrogens with two attached hydrogens (primary N) is 2. The van der Waals surface area contributed by atoms with E-state index < -0.39 is 11.9 Å². The van der Waals surface area contributed by atoms with Gasteiger partial charge in [0.15, 0.2) is 0 Å². The molecule has 0 aliphatic heterocycles. The van der Waals surface area contributed by atoms with Crippen LogP contribution >= 0.6 is 0 Å². The highest BCUT2D eigenvalue weighted by Crippen LogP contribution is 2.30. The molecule has 4 heteroatoms. The van der Waals surface area contributed by atoms with Crippen LogP contribution < -0.4 is 11.5 Å². The number of halogens is 1. The first-order chi connectivity index (χ1) is 9.09. The van der Waals surface area contributed by atoms with Gasteiger partial charge in [-0.3, -0.25) is 4.79 Å². The van der Waals surface area contributed by atoms with E-state index in [1.807, 2.05) is 6.07 Å². The van der Waals surface area contributed by atoms with Crippen molar-refractivity contribution in [2.75, 3.05) is 0 Å². The standard InChI is InChI=1S/C15H15FN2O/c16-13-8-4-3-6-11(13)10-5-1-2-7-12(10)14(17)9-15(18)19/h1-8,14H,9,17H2,(H2,18,19). The van der Waals surface area contributed by atoms with Crippen molar-refractivity contribution in [3.63, 3.8) is 0 Å². The average molecular weight is 258 g/mol. The monoisotopic (exact) mass is 258 g/mol. The third-order valence-electron chi connectivity index (χ3n) is 2.95. The van der Waals surface area contributed by atoms with Crippen LogP contribution in [0.1, 0.15) is 18.0 Å². The van der Waals surface area contributed by atoms with Gasteiger partial charge >= 0.3 is 0 Å². The summed E-state index contributed by atoms with van der Waals surface area (Å²) in [4.78, 5) is 11.0. The smallest absolute Gasteiger partial charge is 0.219 e. The summed E-state index contributed by atoms with van der Waals surface area (Å²) in [5.74, 6) is -0.794. The van der Waals surface area contributed by atoms with Crippen LogP contribution in [0.4, 0.5) is 4.39 Å². The topological polar surface area (TPSA) is 69.1 Å². The lowest BCUT2D eigenvalue weighted by molar-refractivity contribution is -0.118. The summed E-state index contributed by atoms with van der Waals surface area (Å²) >= 11 is 0. The van der Waals surface area contributed by atoms with Crippen LogP contribution in [0.25, 0.3) is 11.1 Å². The van der Waals surface area contributed by atoms with Gasteiger partial charge in [0, 0.05) is 18.0 Å². The maximum atomic E-state index is 13.8. The quantitative estimate of drug-likeness (QED) is 0.884. The molecule has 1 amide bonds. The Hall–Kier alpha value is -2.20. The van der Waals surface area contributed by atoms with Crippen LogP contribution in [0.3, 0.4) is 0 Å². The van der Waals surface area contributed by atoms with Crippen molar-refractivity contribution in [2.24, 2.45) is 11.5 Å². The van der Waals surface area contributed by atoms with Crippen molar-refractivity contribution in [2.45, 2.75) is 12.5 Å². The molecular weight excluding hydrogens is 243 g/mol. The molecule has 1 unspecified atom stereocenters. The van der Waals surface area contributed by atoms with E-state index in [1.54, 1.807) is 36.4 Å². The molecule has 2 rings (SSSR count). The number of hydrogen-bond acceptors (Lipinski definition) is 2. The van der Waals surface area contributed by atoms with Crippen molar-refractivity contribution in [1.82, 2.24) is 0 Å². The lowest BCUT2D eigenvalue weighted by Gasteiger charge is -2.15. The molecule has 0 saturated carbocycles. The minimum absolute atomic E-state index is 0.0332. The minimum Gasteiger partial charge on any atom is -0.370 e. The highest BCUT2D eigenvalue weighted by Gasteiger charge is 2.15. The van der Waals surface area contributed by atoms with Gasteiger partial charge in [-0.15, -0.1) is 0 Å². The highest BCUT2D eigenvalue weighted by atomic mass is 19.1. The van der Waals surface area contributed by atoms with Gasteiger partial charge in [0.1, 0.15) is 5.82 Å². The third-order valence-corrected chi connectivity index (χ3v) is 2.95. The molecule has 19 heavy (non-hydrogen) atoms. The molecule has 98 valence electrons. The van der Waals surface area contributed by atoms with Gasteiger partial charge in [-0.2, -0.15) is 0 Å². The Morgan fingerprint density at radius 1 is 1.05 bits per heavy atom. The number of amides is 1. The summed E-state index contributed by atoms with van der Waals surface area (Å²) in [6, 6.07) is 13.1. The zero-order valence-electron chi connectivity index (χ0n) is 10.3. The van der Waals surface area contributed by atoms with E-state index in [0.29, 0.717) is 16.7 Å². The molecule has 0 saturated heterocycles. The molecule has 0 aromatic heterocycles. The van der Waals surface area contributed by atoms with Gasteiger partial charge in [-0.05, 0) is 17.2 Å². The number of carbonyl (C=O) groups is 1. The maximum absolute atomic E-state index is 13.8. The number of primary amides is 1. The predicted octanol–water partition coefficient (Wildman–Crippen LogP) is 2.37. The molecule has 0 heterocycles. The molecule has 0 fully saturated rings. The molecule has 0 aliphatic rings. The Morgan fingerprint density at radius 2 is 1.63 bits per heavy atom. The minimum atomic E-state index is -0.534. The zero-order chi connectivity index (χ0) is 13.8. The maximum Gasteiger partial charge on any atom is 0.219 e. The summed E-state index contributed by atoms with van der Waals surface area (Å²) in [5, 5.41) is 0. The van der Waals surface area contributed by atoms with Crippen LogP contribution in [0.15, 0.2) is 48.5 Å². The summed E-state index contributed by atoms with van der Waals surface area (Å²) in [5.41, 5.74) is 13.0. The second-order valence-electron chi connectivity index (χ2n) is 4.34. The largest absolute Gasteiger partial charge is 0.370 e. The summed E-state index contributed by atoms with van der Waals surface area (Å²) in [6.07, 6.45) is 0.0332. The molecule has 4 N–H and O–H groups in total. The van der Waals surface area contributed by atoms with Gasteiger partial charge in [-0.25, -0.2) is 4.39 Å². The van der Waals surface area contributed by atoms with Gasteiger partial charge in [-0.1, -0.05) is 42.5 Å². The molecule has 2 aromatic carbocycles. The second kappa shape index (κ2) is 5.63. The number of hydrogen-bond donors (Lipinski definition) is 2. The number of rotatable bonds is 4. The first kappa shape index (κ1) is 13.2. The van der Waals surface area contributed by atoms with Crippen LogP contribution in [0.2, 0.25) is 0 Å². The van der Waals surface area contributed by atoms with Crippen LogP contribution in [0.5, 0.6) is 0 Å². The van der Waals surface area contributed by atoms with Crippen molar-refractivity contribution < 1.29 is 9.18 Å². The van der Waals surface area contributed by atoms with E-state index in [0.717, 1.165) is 0 Å². The van der Waals surface area contributed by atoms with E-state index in [1.165, 1.54) is 6.07 Å². The van der Waals surface area contributed by atoms with Crippen molar-refractivity contribution >= 4 is 5.91 Å². The SMILES string of the molecule is NC(=O)CC(N)c1ccccc1-c1ccccc1F. The Kier molecular flexibility index (Phi) is 3.92. The van der Waals surface area contributed by atoms with Gasteiger partial charge in [0.25, 0.3) is 0 Å². The van der Waals surface area contributed by atoms with Crippen LogP contribution in [-0.2, 0) is 4.79 Å². The summed E-state index contributed by atoms with van der Waals surface area (Å²) in [6.45, 7) is 0. The fourth-order valence-electron chi connectivity index (χ4n) is 2.07. The molecule has 3 nitrogen and oxygen atoms in total. The first-order valence-electron chi connectivity index (χ1n) is 5.97. The number of carbonyl (C=O) groups excluding carboxylic acids is 1. The average Bonchev–Trinajstić information content (AvgIpc) is 2.38. The van der Waals surface area contributed by atoms with E-state index in [-0.39, 0.29) is 12.2 Å². The Morgan fingerprint density at radius 3 is 2.26 bits per heavy atom. The fourth-order valence-corrected chi connectivity index (χ4v) is 2.07. The molecule has 0 bridgehead atoms. The van der Waals surface area contributed by atoms with Crippen molar-refractivity contribution in [3.8, 4) is 11.1 Å². The zero-order valence-corrected chi connectivity index (χ0v) is 10.3. The summed E-state index contributed by atoms with van der Waals surface area (Å²) in [7, 11) is 0. The number of benzene rings is 2. The van der Waals surface area contributed by atoms with Crippen LogP contribution in [0, 0.1) is 5.82 Å². The molecular formula is C15H15FN2O. The molecule has 0 radical (unpaired) electrons. The lowest BCUT2D eigenvalue weighted by Crippen LogP contribution is -2.21. The fraction of sp³-hybridized carbons (Fsp3) is 0.133. The second-order valence-corrected chi connectivity index (χ2v) is 4.34. The lowest BCUT2D eigenvalue weighted by atomic mass is 9.93. The van der Waals surface area contributed by atoms with E-state index in [4.69, 9.17) is 11.5 Å². The van der Waals surface area contributed by atoms with Gasteiger partial charge < -0.3 is 11.5 Å². The van der Waals surface area contributed by atoms with E-state index in [9.17, 15) is 9.18 Å². The Balaban J connectivity index is 2.47. The Bertz CT molecular complexity index is 598. The normalized spacial score (nSPS) is 12.1. The Labute approximate surface area is 111 Å². The van der Waals surface area contributed by atoms with Crippen molar-refractivity contribution in [3.05, 3.63) is 59.9 Å². The predicted molar refractivity (Wildman–Crippen MR) is 72.6 cm³/mol. The first-order valence-corrected chi connectivity index (χ1v) is 5.97. The molecule has 0 aliphatic carbocycles. The molecule has 2 aromatic rings. The van der Waals surface area contributed by atoms with Gasteiger partial charge in [0.2, 0.25) is 5.91 Å². The van der Waals surface area contributed by atoms with Crippen LogP contribution in [-0.4, -0.2) is 5.91 Å².